The molecule has 0 aliphatic rings. The SMILES string of the molecule is CCCCC(NC(=O)O)(NC(=O)CN(C)NC(=O)NCc1ccccc1)C(=O)N(Cc1cccc2ccccc12)[C@@H](C)C(OCC)OCC. The van der Waals surface area contributed by atoms with Crippen LogP contribution >= 0.6 is 0 Å². The highest BCUT2D eigenvalue weighted by Gasteiger charge is 2.46. The topological polar surface area (TPSA) is 162 Å². The molecule has 3 rings (SSSR count). The van der Waals surface area contributed by atoms with Crippen LogP contribution in [0.2, 0.25) is 0 Å². The molecular formula is C36H50N6O7. The summed E-state index contributed by atoms with van der Waals surface area (Å²) in [5.74, 6) is -1.36. The van der Waals surface area contributed by atoms with Crippen molar-refractivity contribution >= 4 is 34.7 Å². The maximum absolute atomic E-state index is 14.9. The summed E-state index contributed by atoms with van der Waals surface area (Å²) in [5, 5.41) is 21.0. The van der Waals surface area contributed by atoms with E-state index in [0.717, 1.165) is 21.9 Å². The van der Waals surface area contributed by atoms with Crippen molar-refractivity contribution in [1.82, 2.24) is 31.3 Å². The maximum Gasteiger partial charge on any atom is 0.406 e. The van der Waals surface area contributed by atoms with Crippen LogP contribution in [0, 0.1) is 0 Å². The van der Waals surface area contributed by atoms with Crippen molar-refractivity contribution in [1.29, 1.82) is 0 Å². The molecule has 0 aliphatic heterocycles. The Hall–Kier alpha value is -4.72. The molecule has 5 N–H and O–H groups in total. The Morgan fingerprint density at radius 3 is 2.18 bits per heavy atom. The molecule has 3 aromatic carbocycles. The fourth-order valence-electron chi connectivity index (χ4n) is 5.58. The van der Waals surface area contributed by atoms with Crippen LogP contribution in [-0.2, 0) is 32.2 Å². The van der Waals surface area contributed by atoms with E-state index >= 15 is 0 Å². The Kier molecular flexibility index (Phi) is 15.3. The van der Waals surface area contributed by atoms with Gasteiger partial charge in [-0.15, -0.1) is 0 Å². The number of fused-ring (bicyclic) bond motifs is 1. The molecule has 2 atom stereocenters. The number of amides is 5. The Morgan fingerprint density at radius 1 is 0.878 bits per heavy atom. The number of carbonyl (C=O) groups excluding carboxylic acids is 3. The number of rotatable bonds is 19. The lowest BCUT2D eigenvalue weighted by Gasteiger charge is -2.42. The first-order chi connectivity index (χ1) is 23.5. The highest BCUT2D eigenvalue weighted by Crippen LogP contribution is 2.26. The summed E-state index contributed by atoms with van der Waals surface area (Å²) >= 11 is 0. The van der Waals surface area contributed by atoms with Crippen molar-refractivity contribution in [3.05, 3.63) is 83.9 Å². The summed E-state index contributed by atoms with van der Waals surface area (Å²) < 4.78 is 11.8. The number of urea groups is 1. The number of nitrogens with one attached hydrogen (secondary N) is 4. The smallest absolute Gasteiger partial charge is 0.406 e. The zero-order chi connectivity index (χ0) is 35.8. The quantitative estimate of drug-likeness (QED) is 0.0910. The van der Waals surface area contributed by atoms with E-state index in [-0.39, 0.29) is 26.1 Å². The average molecular weight is 679 g/mol. The predicted octanol–water partition coefficient (Wildman–Crippen LogP) is 4.57. The molecule has 0 saturated carbocycles. The van der Waals surface area contributed by atoms with E-state index in [9.17, 15) is 24.3 Å². The standard InChI is InChI=1S/C36H50N6O7/c1-6-9-22-36(39-35(46)47,38-31(43)25-41(5)40-34(45)37-23-27-16-11-10-12-17-27)33(44)42(26(4)32(48-7-2)49-8-3)24-29-20-15-19-28-18-13-14-21-30(28)29/h10-21,26,32,39H,6-9,22-25H2,1-5H3,(H,38,43)(H,46,47)(H2,37,40,45)/t26-,36?/m0/s1. The lowest BCUT2D eigenvalue weighted by atomic mass is 9.97. The molecule has 13 nitrogen and oxygen atoms in total. The van der Waals surface area contributed by atoms with Gasteiger partial charge in [-0.05, 0) is 55.5 Å². The van der Waals surface area contributed by atoms with Gasteiger partial charge in [0.15, 0.2) is 12.0 Å². The van der Waals surface area contributed by atoms with Crippen LogP contribution in [0.5, 0.6) is 0 Å². The van der Waals surface area contributed by atoms with Crippen LogP contribution in [0.4, 0.5) is 9.59 Å². The first-order valence-electron chi connectivity index (χ1n) is 16.7. The number of ether oxygens (including phenoxy) is 2. The lowest BCUT2D eigenvalue weighted by Crippen LogP contribution is -2.71. The van der Waals surface area contributed by atoms with E-state index in [1.54, 1.807) is 6.92 Å². The first-order valence-corrected chi connectivity index (χ1v) is 16.7. The normalized spacial score (nSPS) is 13.0. The van der Waals surface area contributed by atoms with Crippen molar-refractivity contribution in [2.24, 2.45) is 0 Å². The summed E-state index contributed by atoms with van der Waals surface area (Å²) in [6, 6.07) is 21.7. The number of unbranched alkanes of at least 4 members (excludes halogenated alkanes) is 1. The molecular weight excluding hydrogens is 628 g/mol. The zero-order valence-electron chi connectivity index (χ0n) is 29.0. The van der Waals surface area contributed by atoms with Crippen LogP contribution in [0.1, 0.15) is 58.1 Å². The number of hydrogen-bond donors (Lipinski definition) is 5. The van der Waals surface area contributed by atoms with Gasteiger partial charge in [-0.25, -0.2) is 14.6 Å². The summed E-state index contributed by atoms with van der Waals surface area (Å²) in [7, 11) is 1.49. The molecule has 0 heterocycles. The van der Waals surface area contributed by atoms with Crippen molar-refractivity contribution in [2.75, 3.05) is 26.8 Å². The minimum atomic E-state index is -2.04. The number of hydrazine groups is 1. The largest absolute Gasteiger partial charge is 0.465 e. The number of carboxylic acid groups (broad SMARTS) is 1. The number of hydrogen-bond acceptors (Lipinski definition) is 7. The van der Waals surface area contributed by atoms with Crippen LogP contribution in [-0.4, -0.2) is 83.8 Å². The van der Waals surface area contributed by atoms with E-state index in [0.29, 0.717) is 26.1 Å². The number of carbonyl (C=O) groups is 4. The van der Waals surface area contributed by atoms with Crippen LogP contribution < -0.4 is 21.4 Å². The third-order valence-electron chi connectivity index (χ3n) is 7.94. The van der Waals surface area contributed by atoms with Crippen molar-refractivity contribution in [2.45, 2.75) is 78.0 Å². The second-order valence-corrected chi connectivity index (χ2v) is 11.7. The number of likely N-dealkylation sites (N-methyl/N-ethyl adjacent to an activating group) is 1. The number of nitrogens with zero attached hydrogens (tertiary/aromatic N) is 2. The predicted molar refractivity (Wildman–Crippen MR) is 187 cm³/mol. The Morgan fingerprint density at radius 2 is 1.53 bits per heavy atom. The molecule has 0 fully saturated rings. The summed E-state index contributed by atoms with van der Waals surface area (Å²) in [4.78, 5) is 54.8. The zero-order valence-corrected chi connectivity index (χ0v) is 29.0. The Bertz CT molecular complexity index is 1510. The van der Waals surface area contributed by atoms with E-state index in [4.69, 9.17) is 9.47 Å². The second-order valence-electron chi connectivity index (χ2n) is 11.7. The third kappa shape index (κ3) is 11.4. The van der Waals surface area contributed by atoms with Crippen LogP contribution in [0.3, 0.4) is 0 Å². The summed E-state index contributed by atoms with van der Waals surface area (Å²) in [6.45, 7) is 7.92. The van der Waals surface area contributed by atoms with Gasteiger partial charge in [-0.1, -0.05) is 86.1 Å². The first kappa shape index (κ1) is 38.7. The lowest BCUT2D eigenvalue weighted by molar-refractivity contribution is -0.182. The summed E-state index contributed by atoms with van der Waals surface area (Å²) in [5.41, 5.74) is 2.25. The molecule has 266 valence electrons. The molecule has 0 spiro atoms. The third-order valence-corrected chi connectivity index (χ3v) is 7.94. The molecule has 3 aromatic rings. The van der Waals surface area contributed by atoms with E-state index in [2.05, 4.69) is 21.4 Å². The number of benzene rings is 3. The van der Waals surface area contributed by atoms with Gasteiger partial charge in [0, 0.05) is 33.4 Å². The summed E-state index contributed by atoms with van der Waals surface area (Å²) in [6.07, 6.45) is -1.31. The Labute approximate surface area is 288 Å². The van der Waals surface area contributed by atoms with Gasteiger partial charge >= 0.3 is 12.1 Å². The molecule has 49 heavy (non-hydrogen) atoms. The molecule has 1 unspecified atom stereocenters. The minimum Gasteiger partial charge on any atom is -0.465 e. The molecule has 0 aromatic heterocycles. The van der Waals surface area contributed by atoms with Crippen LogP contribution in [0.25, 0.3) is 10.8 Å². The van der Waals surface area contributed by atoms with Gasteiger partial charge in [-0.3, -0.25) is 20.3 Å². The van der Waals surface area contributed by atoms with E-state index in [1.807, 2.05) is 93.6 Å². The molecule has 0 aliphatic carbocycles. The minimum absolute atomic E-state index is 0.0260. The Balaban J connectivity index is 1.94. The van der Waals surface area contributed by atoms with Crippen molar-refractivity contribution in [3.63, 3.8) is 0 Å². The van der Waals surface area contributed by atoms with Gasteiger partial charge < -0.3 is 30.1 Å². The maximum atomic E-state index is 14.9. The van der Waals surface area contributed by atoms with E-state index < -0.39 is 41.9 Å². The van der Waals surface area contributed by atoms with Crippen molar-refractivity contribution in [3.8, 4) is 0 Å². The highest BCUT2D eigenvalue weighted by atomic mass is 16.7. The average Bonchev–Trinajstić information content (AvgIpc) is 3.08. The van der Waals surface area contributed by atoms with Gasteiger partial charge in [0.2, 0.25) is 5.91 Å². The molecule has 0 bridgehead atoms. The highest BCUT2D eigenvalue weighted by molar-refractivity contribution is 5.95. The molecule has 0 radical (unpaired) electrons. The monoisotopic (exact) mass is 678 g/mol. The molecule has 5 amide bonds. The van der Waals surface area contributed by atoms with Gasteiger partial charge in [0.1, 0.15) is 0 Å². The van der Waals surface area contributed by atoms with Crippen molar-refractivity contribution < 1.29 is 33.8 Å². The van der Waals surface area contributed by atoms with Gasteiger partial charge in [-0.2, -0.15) is 0 Å². The molecule has 0 saturated heterocycles. The van der Waals surface area contributed by atoms with Crippen LogP contribution in [0.15, 0.2) is 72.8 Å². The molecule has 13 heteroatoms. The fraction of sp³-hybridized carbons (Fsp3) is 0.444. The van der Waals surface area contributed by atoms with E-state index in [1.165, 1.54) is 17.0 Å². The van der Waals surface area contributed by atoms with Gasteiger partial charge in [0.05, 0.1) is 12.6 Å². The second kappa shape index (κ2) is 19.3. The van der Waals surface area contributed by atoms with Gasteiger partial charge in [0.25, 0.3) is 5.91 Å². The fourth-order valence-corrected chi connectivity index (χ4v) is 5.58.